The lowest BCUT2D eigenvalue weighted by molar-refractivity contribution is 0.0370. The number of nitrogens with zero attached hydrogens (tertiary/aromatic N) is 2. The van der Waals surface area contributed by atoms with Gasteiger partial charge in [0.2, 0.25) is 0 Å². The van der Waals surface area contributed by atoms with Crippen LogP contribution in [0.25, 0.3) is 0 Å². The lowest BCUT2D eigenvalue weighted by Gasteiger charge is -2.36. The molecule has 2 amide bonds. The number of anilines is 2. The second-order valence-corrected chi connectivity index (χ2v) is 8.44. The Morgan fingerprint density at radius 2 is 1.61 bits per heavy atom. The summed E-state index contributed by atoms with van der Waals surface area (Å²) < 4.78 is 0. The summed E-state index contributed by atoms with van der Waals surface area (Å²) in [6.07, 6.45) is -0.701. The van der Waals surface area contributed by atoms with Gasteiger partial charge in [0.1, 0.15) is 0 Å². The Morgan fingerprint density at radius 3 is 2.23 bits per heavy atom. The van der Waals surface area contributed by atoms with Crippen molar-refractivity contribution in [1.82, 2.24) is 0 Å². The quantitative estimate of drug-likeness (QED) is 0.577. The normalized spacial score (nSPS) is 22.1. The highest BCUT2D eigenvalue weighted by atomic mass is 35.5. The molecule has 0 aromatic heterocycles. The molecule has 1 saturated heterocycles. The van der Waals surface area contributed by atoms with E-state index in [0.717, 1.165) is 5.56 Å². The SMILES string of the molecule is Cc1ccc(N2C(=O)N(c3ccc(Cl)cc3)C(O)(c3cccc(C(C)O)c3)C2C)cc1. The molecule has 1 aliphatic rings. The predicted octanol–water partition coefficient (Wildman–Crippen LogP) is 5.38. The number of urea groups is 1. The fourth-order valence-corrected chi connectivity index (χ4v) is 4.25. The number of aryl methyl sites for hydroxylation is 1. The third-order valence-corrected chi connectivity index (χ3v) is 6.15. The van der Waals surface area contributed by atoms with Crippen LogP contribution in [0.4, 0.5) is 16.2 Å². The summed E-state index contributed by atoms with van der Waals surface area (Å²) in [5.41, 5.74) is 1.83. The van der Waals surface area contributed by atoms with Gasteiger partial charge in [-0.2, -0.15) is 0 Å². The maximum absolute atomic E-state index is 13.7. The van der Waals surface area contributed by atoms with E-state index in [0.29, 0.717) is 27.5 Å². The molecule has 2 N–H and O–H groups in total. The number of rotatable bonds is 4. The lowest BCUT2D eigenvalue weighted by atomic mass is 9.92. The Kier molecular flexibility index (Phi) is 5.52. The molecule has 160 valence electrons. The fraction of sp³-hybridized carbons (Fsp3) is 0.240. The molecular formula is C25H25ClN2O3. The molecule has 31 heavy (non-hydrogen) atoms. The van der Waals surface area contributed by atoms with Crippen LogP contribution in [0.3, 0.4) is 0 Å². The van der Waals surface area contributed by atoms with Crippen molar-refractivity contribution in [3.8, 4) is 0 Å². The van der Waals surface area contributed by atoms with E-state index in [-0.39, 0.29) is 6.03 Å². The minimum Gasteiger partial charge on any atom is -0.389 e. The highest BCUT2D eigenvalue weighted by Gasteiger charge is 2.56. The highest BCUT2D eigenvalue weighted by molar-refractivity contribution is 6.30. The van der Waals surface area contributed by atoms with Crippen molar-refractivity contribution in [1.29, 1.82) is 0 Å². The van der Waals surface area contributed by atoms with Gasteiger partial charge in [0, 0.05) is 22.0 Å². The van der Waals surface area contributed by atoms with Crippen molar-refractivity contribution in [2.24, 2.45) is 0 Å². The first-order valence-electron chi connectivity index (χ1n) is 10.2. The Labute approximate surface area is 187 Å². The second kappa shape index (κ2) is 8.00. The van der Waals surface area contributed by atoms with Gasteiger partial charge >= 0.3 is 6.03 Å². The van der Waals surface area contributed by atoms with Gasteiger partial charge in [0.15, 0.2) is 5.72 Å². The van der Waals surface area contributed by atoms with Crippen molar-refractivity contribution in [3.05, 3.63) is 94.5 Å². The molecular weight excluding hydrogens is 412 g/mol. The number of hydrogen-bond acceptors (Lipinski definition) is 3. The van der Waals surface area contributed by atoms with E-state index < -0.39 is 17.9 Å². The van der Waals surface area contributed by atoms with E-state index >= 15 is 0 Å². The Morgan fingerprint density at radius 1 is 1.00 bits per heavy atom. The summed E-state index contributed by atoms with van der Waals surface area (Å²) in [7, 11) is 0. The van der Waals surface area contributed by atoms with Crippen molar-refractivity contribution >= 4 is 29.0 Å². The summed E-state index contributed by atoms with van der Waals surface area (Å²) >= 11 is 6.06. The average Bonchev–Trinajstić information content (AvgIpc) is 2.96. The third-order valence-electron chi connectivity index (χ3n) is 5.90. The Bertz CT molecular complexity index is 1100. The number of amides is 2. The van der Waals surface area contributed by atoms with E-state index in [2.05, 4.69) is 0 Å². The molecule has 3 unspecified atom stereocenters. The number of hydrogen-bond donors (Lipinski definition) is 2. The zero-order chi connectivity index (χ0) is 22.3. The number of benzene rings is 3. The molecule has 0 spiro atoms. The van der Waals surface area contributed by atoms with Gasteiger partial charge in [-0.15, -0.1) is 0 Å². The molecule has 0 radical (unpaired) electrons. The van der Waals surface area contributed by atoms with Crippen LogP contribution in [-0.2, 0) is 5.72 Å². The van der Waals surface area contributed by atoms with E-state index in [1.807, 2.05) is 38.1 Å². The Hall–Kier alpha value is -2.86. The van der Waals surface area contributed by atoms with Crippen molar-refractivity contribution in [3.63, 3.8) is 0 Å². The molecule has 1 aliphatic heterocycles. The third kappa shape index (κ3) is 3.59. The largest absolute Gasteiger partial charge is 0.389 e. The standard InChI is InChI=1S/C25H25ClN2O3/c1-16-7-11-22(12-8-16)27-18(3)25(31,20-6-4-5-19(15-20)17(2)29)28(24(27)30)23-13-9-21(26)10-14-23/h4-15,17-18,29,31H,1-3H3. The molecule has 4 rings (SSSR count). The monoisotopic (exact) mass is 436 g/mol. The number of carbonyl (C=O) groups excluding carboxylic acids is 1. The van der Waals surface area contributed by atoms with Gasteiger partial charge in [0.05, 0.1) is 12.1 Å². The molecule has 0 saturated carbocycles. The lowest BCUT2D eigenvalue weighted by Crippen LogP contribution is -2.48. The topological polar surface area (TPSA) is 64.0 Å². The van der Waals surface area contributed by atoms with E-state index in [1.165, 1.54) is 4.90 Å². The maximum Gasteiger partial charge on any atom is 0.332 e. The number of carbonyl (C=O) groups is 1. The number of aliphatic hydroxyl groups is 2. The van der Waals surface area contributed by atoms with E-state index in [9.17, 15) is 15.0 Å². The number of halogens is 1. The molecule has 3 atom stereocenters. The zero-order valence-corrected chi connectivity index (χ0v) is 18.4. The summed E-state index contributed by atoms with van der Waals surface area (Å²) in [4.78, 5) is 16.7. The predicted molar refractivity (Wildman–Crippen MR) is 123 cm³/mol. The van der Waals surface area contributed by atoms with E-state index in [1.54, 1.807) is 60.4 Å². The van der Waals surface area contributed by atoms with Crippen LogP contribution in [0, 0.1) is 6.92 Å². The van der Waals surface area contributed by atoms with Crippen LogP contribution in [0.2, 0.25) is 5.02 Å². The first-order chi connectivity index (χ1) is 14.7. The highest BCUT2D eigenvalue weighted by Crippen LogP contribution is 2.45. The van der Waals surface area contributed by atoms with Gasteiger partial charge in [0.25, 0.3) is 0 Å². The van der Waals surface area contributed by atoms with Crippen LogP contribution in [0.5, 0.6) is 0 Å². The van der Waals surface area contributed by atoms with E-state index in [4.69, 9.17) is 11.6 Å². The van der Waals surface area contributed by atoms with Crippen molar-refractivity contribution in [2.45, 2.75) is 38.6 Å². The molecule has 1 fully saturated rings. The summed E-state index contributed by atoms with van der Waals surface area (Å²) in [6.45, 7) is 5.47. The van der Waals surface area contributed by atoms with Crippen LogP contribution in [-0.4, -0.2) is 22.3 Å². The first-order valence-corrected chi connectivity index (χ1v) is 10.6. The molecule has 6 heteroatoms. The second-order valence-electron chi connectivity index (χ2n) is 8.00. The summed E-state index contributed by atoms with van der Waals surface area (Å²) in [5.74, 6) is 0. The molecule has 1 heterocycles. The average molecular weight is 437 g/mol. The Balaban J connectivity index is 1.90. The minimum atomic E-state index is -1.67. The van der Waals surface area contributed by atoms with Gasteiger partial charge in [-0.1, -0.05) is 47.5 Å². The molecule has 0 aliphatic carbocycles. The summed E-state index contributed by atoms with van der Waals surface area (Å²) in [5, 5.41) is 22.7. The zero-order valence-electron chi connectivity index (χ0n) is 17.7. The fourth-order valence-electron chi connectivity index (χ4n) is 4.12. The van der Waals surface area contributed by atoms with Crippen LogP contribution in [0.1, 0.15) is 36.6 Å². The molecule has 3 aromatic rings. The van der Waals surface area contributed by atoms with Crippen LogP contribution in [0.15, 0.2) is 72.8 Å². The van der Waals surface area contributed by atoms with Gasteiger partial charge in [-0.25, -0.2) is 4.79 Å². The maximum atomic E-state index is 13.7. The molecule has 0 bridgehead atoms. The molecule has 5 nitrogen and oxygen atoms in total. The van der Waals surface area contributed by atoms with Gasteiger partial charge < -0.3 is 10.2 Å². The number of aliphatic hydroxyl groups excluding tert-OH is 1. The van der Waals surface area contributed by atoms with Gasteiger partial charge in [-0.05, 0) is 68.8 Å². The summed E-state index contributed by atoms with van der Waals surface area (Å²) in [6, 6.07) is 20.6. The first kappa shape index (κ1) is 21.4. The van der Waals surface area contributed by atoms with Gasteiger partial charge in [-0.3, -0.25) is 9.80 Å². The van der Waals surface area contributed by atoms with Crippen LogP contribution < -0.4 is 9.80 Å². The minimum absolute atomic E-state index is 0.344. The van der Waals surface area contributed by atoms with Crippen molar-refractivity contribution < 1.29 is 15.0 Å². The van der Waals surface area contributed by atoms with Crippen LogP contribution >= 0.6 is 11.6 Å². The van der Waals surface area contributed by atoms with Crippen molar-refractivity contribution in [2.75, 3.05) is 9.80 Å². The molecule has 3 aromatic carbocycles. The smallest absolute Gasteiger partial charge is 0.332 e.